The molecular formula is C32H20N2OP+. The third-order valence-corrected chi connectivity index (χ3v) is 8.28. The smallest absolute Gasteiger partial charge is 0.256 e. The molecule has 0 N–H and O–H groups in total. The molecule has 1 unspecified atom stereocenters. The summed E-state index contributed by atoms with van der Waals surface area (Å²) in [6.45, 7) is 0. The first-order valence-corrected chi connectivity index (χ1v) is 13.2. The molecule has 0 spiro atoms. The lowest BCUT2D eigenvalue weighted by atomic mass is 9.94. The van der Waals surface area contributed by atoms with E-state index in [4.69, 9.17) is 9.97 Å². The Hall–Kier alpha value is -4.46. The molecule has 7 rings (SSSR count). The van der Waals surface area contributed by atoms with Crippen LogP contribution in [0.15, 0.2) is 121 Å². The zero-order valence-electron chi connectivity index (χ0n) is 19.3. The molecule has 168 valence electrons. The quantitative estimate of drug-likeness (QED) is 0.194. The molecule has 1 atom stereocenters. The second-order valence-electron chi connectivity index (χ2n) is 8.89. The lowest BCUT2D eigenvalue weighted by molar-refractivity contribution is 0.598. The summed E-state index contributed by atoms with van der Waals surface area (Å²) in [5.41, 5.74) is 3.75. The molecular weight excluding hydrogens is 459 g/mol. The summed E-state index contributed by atoms with van der Waals surface area (Å²) in [4.78, 5) is 9.94. The van der Waals surface area contributed by atoms with Crippen molar-refractivity contribution < 1.29 is 4.57 Å². The van der Waals surface area contributed by atoms with Crippen LogP contribution in [0.3, 0.4) is 0 Å². The molecule has 0 aliphatic rings. The molecule has 0 bridgehead atoms. The first-order valence-electron chi connectivity index (χ1n) is 11.9. The third-order valence-electron chi connectivity index (χ3n) is 6.77. The molecule has 0 amide bonds. The minimum atomic E-state index is -1.72. The molecule has 0 aliphatic heterocycles. The highest BCUT2D eigenvalue weighted by Gasteiger charge is 2.24. The van der Waals surface area contributed by atoms with E-state index in [1.807, 2.05) is 72.9 Å². The van der Waals surface area contributed by atoms with Crippen molar-refractivity contribution in [1.82, 2.24) is 9.97 Å². The third kappa shape index (κ3) is 3.29. The Morgan fingerprint density at radius 2 is 1.28 bits per heavy atom. The van der Waals surface area contributed by atoms with Gasteiger partial charge in [-0.05, 0) is 41.8 Å². The van der Waals surface area contributed by atoms with E-state index in [0.717, 1.165) is 59.8 Å². The van der Waals surface area contributed by atoms with Gasteiger partial charge in [-0.25, -0.2) is 4.98 Å². The second kappa shape index (κ2) is 8.34. The maximum absolute atomic E-state index is 13.4. The average Bonchev–Trinajstić information content (AvgIpc) is 2.96. The summed E-state index contributed by atoms with van der Waals surface area (Å²) in [6, 6.07) is 38.5. The maximum Gasteiger partial charge on any atom is 0.415 e. The van der Waals surface area contributed by atoms with Crippen LogP contribution in [0.1, 0.15) is 0 Å². The van der Waals surface area contributed by atoms with Gasteiger partial charge in [-0.1, -0.05) is 77.4 Å². The van der Waals surface area contributed by atoms with E-state index < -0.39 is 7.80 Å². The molecule has 5 aromatic carbocycles. The number of fused-ring (bicyclic) bond motifs is 7. The monoisotopic (exact) mass is 479 g/mol. The van der Waals surface area contributed by atoms with Crippen LogP contribution in [0.5, 0.6) is 0 Å². The first-order chi connectivity index (χ1) is 17.8. The molecule has 0 saturated heterocycles. The lowest BCUT2D eigenvalue weighted by Gasteiger charge is -2.14. The van der Waals surface area contributed by atoms with Crippen molar-refractivity contribution >= 4 is 61.8 Å². The van der Waals surface area contributed by atoms with E-state index in [-0.39, 0.29) is 0 Å². The minimum Gasteiger partial charge on any atom is -0.256 e. The van der Waals surface area contributed by atoms with Gasteiger partial charge in [0.1, 0.15) is 0 Å². The molecule has 2 aromatic heterocycles. The summed E-state index contributed by atoms with van der Waals surface area (Å²) in [7, 11) is -1.72. The number of aromatic nitrogens is 2. The number of pyridine rings is 2. The molecule has 36 heavy (non-hydrogen) atoms. The van der Waals surface area contributed by atoms with Gasteiger partial charge in [-0.2, -0.15) is 0 Å². The fraction of sp³-hybridized carbons (Fsp3) is 0. The Labute approximate surface area is 208 Å². The molecule has 2 heterocycles. The molecule has 0 aliphatic carbocycles. The van der Waals surface area contributed by atoms with Crippen molar-refractivity contribution in [3.05, 3.63) is 121 Å². The van der Waals surface area contributed by atoms with Crippen LogP contribution in [0.2, 0.25) is 0 Å². The standard InChI is InChI=1S/C32H20N2OP/c35-36(23-12-5-2-6-13-23)24-15-16-26-29(19-24)34-32(21-9-3-1-4-10-21)27-17-18-28-31(30(26)27)25-14-8-7-11-22(25)20-33-28/h1-20H/q+1. The van der Waals surface area contributed by atoms with Crippen molar-refractivity contribution in [3.8, 4) is 11.3 Å². The molecule has 4 heteroatoms. The van der Waals surface area contributed by atoms with Gasteiger partial charge in [-0.15, -0.1) is 0 Å². The normalized spacial score (nSPS) is 11.9. The highest BCUT2D eigenvalue weighted by molar-refractivity contribution is 7.61. The lowest BCUT2D eigenvalue weighted by Crippen LogP contribution is -2.06. The molecule has 0 radical (unpaired) electrons. The van der Waals surface area contributed by atoms with Crippen LogP contribution in [0.4, 0.5) is 0 Å². The summed E-state index contributed by atoms with van der Waals surface area (Å²) in [5.74, 6) is 0. The number of benzene rings is 5. The Bertz CT molecular complexity index is 1950. The highest BCUT2D eigenvalue weighted by atomic mass is 31.1. The zero-order chi connectivity index (χ0) is 24.1. The van der Waals surface area contributed by atoms with E-state index in [0.29, 0.717) is 0 Å². The first kappa shape index (κ1) is 20.9. The van der Waals surface area contributed by atoms with E-state index >= 15 is 0 Å². The second-order valence-corrected chi connectivity index (χ2v) is 10.5. The van der Waals surface area contributed by atoms with Gasteiger partial charge >= 0.3 is 7.80 Å². The summed E-state index contributed by atoms with van der Waals surface area (Å²) in [6.07, 6.45) is 1.94. The predicted octanol–water partition coefficient (Wildman–Crippen LogP) is 7.53. The molecule has 7 aromatic rings. The minimum absolute atomic E-state index is 0.776. The Kier molecular flexibility index (Phi) is 4.83. The van der Waals surface area contributed by atoms with E-state index in [1.54, 1.807) is 0 Å². The Morgan fingerprint density at radius 3 is 2.11 bits per heavy atom. The zero-order valence-corrected chi connectivity index (χ0v) is 20.2. The fourth-order valence-electron chi connectivity index (χ4n) is 5.08. The maximum atomic E-state index is 13.4. The molecule has 0 saturated carbocycles. The largest absolute Gasteiger partial charge is 0.415 e. The van der Waals surface area contributed by atoms with Crippen molar-refractivity contribution in [2.45, 2.75) is 0 Å². The van der Waals surface area contributed by atoms with Gasteiger partial charge in [0.25, 0.3) is 0 Å². The number of nitrogens with zero attached hydrogens (tertiary/aromatic N) is 2. The van der Waals surface area contributed by atoms with Crippen molar-refractivity contribution in [2.24, 2.45) is 0 Å². The Balaban J connectivity index is 1.62. The van der Waals surface area contributed by atoms with Gasteiger partial charge in [0.2, 0.25) is 0 Å². The SMILES string of the molecule is O=[P+](c1ccccc1)c1ccc2c(c1)nc(-c1ccccc1)c1ccc3ncc4ccccc4c3c12. The van der Waals surface area contributed by atoms with Gasteiger partial charge in [-0.3, -0.25) is 4.98 Å². The van der Waals surface area contributed by atoms with Gasteiger partial charge in [0, 0.05) is 44.8 Å². The van der Waals surface area contributed by atoms with Crippen LogP contribution in [0.25, 0.3) is 54.6 Å². The number of rotatable bonds is 3. The summed E-state index contributed by atoms with van der Waals surface area (Å²) in [5, 5.41) is 8.23. The van der Waals surface area contributed by atoms with Gasteiger partial charge in [0.15, 0.2) is 10.6 Å². The average molecular weight is 479 g/mol. The van der Waals surface area contributed by atoms with Crippen LogP contribution in [0, 0.1) is 0 Å². The van der Waals surface area contributed by atoms with Crippen molar-refractivity contribution in [1.29, 1.82) is 0 Å². The number of hydrogen-bond donors (Lipinski definition) is 0. The fourth-order valence-corrected chi connectivity index (χ4v) is 6.28. The highest BCUT2D eigenvalue weighted by Crippen LogP contribution is 2.39. The number of hydrogen-bond acceptors (Lipinski definition) is 3. The van der Waals surface area contributed by atoms with Gasteiger partial charge in [0.05, 0.1) is 16.7 Å². The molecule has 3 nitrogen and oxygen atoms in total. The van der Waals surface area contributed by atoms with E-state index in [9.17, 15) is 4.57 Å². The van der Waals surface area contributed by atoms with Crippen molar-refractivity contribution in [3.63, 3.8) is 0 Å². The van der Waals surface area contributed by atoms with E-state index in [1.165, 1.54) is 5.39 Å². The Morgan fingerprint density at radius 1 is 0.556 bits per heavy atom. The topological polar surface area (TPSA) is 42.9 Å². The van der Waals surface area contributed by atoms with Crippen LogP contribution >= 0.6 is 7.80 Å². The summed E-state index contributed by atoms with van der Waals surface area (Å²) >= 11 is 0. The van der Waals surface area contributed by atoms with E-state index in [2.05, 4.69) is 48.5 Å². The predicted molar refractivity (Wildman–Crippen MR) is 151 cm³/mol. The van der Waals surface area contributed by atoms with Crippen LogP contribution in [-0.2, 0) is 4.57 Å². The van der Waals surface area contributed by atoms with Crippen LogP contribution < -0.4 is 10.6 Å². The van der Waals surface area contributed by atoms with Crippen LogP contribution in [-0.4, -0.2) is 9.97 Å². The van der Waals surface area contributed by atoms with Crippen molar-refractivity contribution in [2.75, 3.05) is 0 Å². The summed E-state index contributed by atoms with van der Waals surface area (Å²) < 4.78 is 13.4. The molecule has 0 fully saturated rings. The van der Waals surface area contributed by atoms with Gasteiger partial charge < -0.3 is 0 Å².